The number of furan rings is 2. The van der Waals surface area contributed by atoms with Crippen molar-refractivity contribution in [3.8, 4) is 44.5 Å². The smallest absolute Gasteiger partial charge is 0.136 e. The van der Waals surface area contributed by atoms with Gasteiger partial charge in [-0.3, -0.25) is 0 Å². The summed E-state index contributed by atoms with van der Waals surface area (Å²) in [5.41, 5.74) is 12.5. The summed E-state index contributed by atoms with van der Waals surface area (Å²) in [6.45, 7) is 2.11. The van der Waals surface area contributed by atoms with Crippen LogP contribution in [0.3, 0.4) is 0 Å². The zero-order valence-corrected chi connectivity index (χ0v) is 29.1. The Labute approximate surface area is 306 Å². The van der Waals surface area contributed by atoms with Gasteiger partial charge in [-0.05, 0) is 107 Å². The van der Waals surface area contributed by atoms with Gasteiger partial charge in [0.05, 0.1) is 12.5 Å². The molecule has 0 aliphatic carbocycles. The molecule has 0 aliphatic rings. The van der Waals surface area contributed by atoms with E-state index in [9.17, 15) is 0 Å². The Morgan fingerprint density at radius 3 is 1.36 bits per heavy atom. The van der Waals surface area contributed by atoms with E-state index in [0.717, 1.165) is 38.6 Å². The van der Waals surface area contributed by atoms with Crippen molar-refractivity contribution in [3.63, 3.8) is 0 Å². The second-order valence-corrected chi connectivity index (χ2v) is 14.0. The molecule has 0 atom stereocenters. The molecule has 11 aromatic rings. The molecule has 11 rings (SSSR count). The Kier molecular flexibility index (Phi) is 6.50. The number of hydrogen-bond acceptors (Lipinski definition) is 2. The van der Waals surface area contributed by atoms with E-state index in [1.807, 2.05) is 12.5 Å². The Morgan fingerprint density at radius 1 is 0.340 bits per heavy atom. The van der Waals surface area contributed by atoms with Gasteiger partial charge in [0.15, 0.2) is 0 Å². The predicted molar refractivity (Wildman–Crippen MR) is 222 cm³/mol. The highest BCUT2D eigenvalue weighted by atomic mass is 16.3. The van der Waals surface area contributed by atoms with Gasteiger partial charge in [0, 0.05) is 21.9 Å². The minimum absolute atomic E-state index is 0.877. The predicted octanol–water partition coefficient (Wildman–Crippen LogP) is 14.8. The van der Waals surface area contributed by atoms with Crippen molar-refractivity contribution in [1.82, 2.24) is 0 Å². The number of benzene rings is 9. The van der Waals surface area contributed by atoms with Crippen LogP contribution < -0.4 is 0 Å². The molecule has 0 saturated heterocycles. The standard InChI is InChI=1S/C51H32O2/c1-31-29-52-30-44(31)50-40-22-11-7-18-36(40)48(37-19-8-12-23-41(37)50)33-26-27-42-46(28-33)53-45-25-13-24-43(51(42)45)49-38-20-9-5-16-34(38)47(32-14-3-2-4-15-32)35-17-6-10-21-39(35)49/h2-30H,1H3. The van der Waals surface area contributed by atoms with E-state index >= 15 is 0 Å². The highest BCUT2D eigenvalue weighted by Gasteiger charge is 2.22. The molecule has 0 N–H and O–H groups in total. The molecule has 9 aromatic carbocycles. The molecular weight excluding hydrogens is 645 g/mol. The minimum atomic E-state index is 0.877. The van der Waals surface area contributed by atoms with E-state index in [2.05, 4.69) is 171 Å². The monoisotopic (exact) mass is 676 g/mol. The van der Waals surface area contributed by atoms with Crippen molar-refractivity contribution in [3.05, 3.63) is 182 Å². The van der Waals surface area contributed by atoms with Crippen molar-refractivity contribution in [1.29, 1.82) is 0 Å². The lowest BCUT2D eigenvalue weighted by atomic mass is 9.84. The first kappa shape index (κ1) is 29.8. The fraction of sp³-hybridized carbons (Fsp3) is 0.0196. The summed E-state index contributed by atoms with van der Waals surface area (Å²) in [5.74, 6) is 0. The Morgan fingerprint density at radius 2 is 0.830 bits per heavy atom. The quantitative estimate of drug-likeness (QED) is 0.173. The average molecular weight is 677 g/mol. The first-order valence-corrected chi connectivity index (χ1v) is 18.2. The molecule has 0 saturated carbocycles. The molecule has 2 nitrogen and oxygen atoms in total. The zero-order chi connectivity index (χ0) is 35.0. The molecule has 53 heavy (non-hydrogen) atoms. The summed E-state index contributed by atoms with van der Waals surface area (Å²) in [6.07, 6.45) is 3.71. The normalized spacial score (nSPS) is 11.9. The van der Waals surface area contributed by atoms with Gasteiger partial charge in [0.1, 0.15) is 11.2 Å². The molecule has 0 radical (unpaired) electrons. The summed E-state index contributed by atoms with van der Waals surface area (Å²) in [4.78, 5) is 0. The molecule has 2 aromatic heterocycles. The lowest BCUT2D eigenvalue weighted by Crippen LogP contribution is -1.91. The Bertz CT molecular complexity index is 3120. The maximum absolute atomic E-state index is 6.80. The molecule has 0 spiro atoms. The second-order valence-electron chi connectivity index (χ2n) is 14.0. The summed E-state index contributed by atoms with van der Waals surface area (Å²) in [7, 11) is 0. The van der Waals surface area contributed by atoms with Crippen LogP contribution in [-0.4, -0.2) is 0 Å². The maximum Gasteiger partial charge on any atom is 0.136 e. The van der Waals surface area contributed by atoms with Gasteiger partial charge in [-0.15, -0.1) is 0 Å². The fourth-order valence-electron chi connectivity index (χ4n) is 8.87. The van der Waals surface area contributed by atoms with E-state index < -0.39 is 0 Å². The molecule has 0 aliphatic heterocycles. The van der Waals surface area contributed by atoms with Crippen molar-refractivity contribution >= 4 is 65.0 Å². The van der Waals surface area contributed by atoms with Crippen molar-refractivity contribution in [2.75, 3.05) is 0 Å². The zero-order valence-electron chi connectivity index (χ0n) is 29.1. The molecule has 0 fully saturated rings. The number of fused-ring (bicyclic) bond motifs is 7. The van der Waals surface area contributed by atoms with Gasteiger partial charge in [-0.1, -0.05) is 146 Å². The SMILES string of the molecule is Cc1cocc1-c1c2ccccc2c(-c2ccc3c(c2)oc2cccc(-c4c5ccccc5c(-c5ccccc5)c5ccccc45)c23)c2ccccc12. The number of hydrogen-bond donors (Lipinski definition) is 0. The molecular formula is C51H32O2. The first-order chi connectivity index (χ1) is 26.2. The van der Waals surface area contributed by atoms with Crippen LogP contribution in [0.5, 0.6) is 0 Å². The van der Waals surface area contributed by atoms with Crippen LogP contribution in [-0.2, 0) is 0 Å². The van der Waals surface area contributed by atoms with E-state index in [1.165, 1.54) is 76.5 Å². The van der Waals surface area contributed by atoms with Crippen LogP contribution in [0.4, 0.5) is 0 Å². The Balaban J connectivity index is 1.18. The summed E-state index contributed by atoms with van der Waals surface area (Å²) in [6, 6.07) is 59.2. The average Bonchev–Trinajstić information content (AvgIpc) is 3.81. The van der Waals surface area contributed by atoms with Gasteiger partial charge in [0.2, 0.25) is 0 Å². The molecule has 248 valence electrons. The minimum Gasteiger partial charge on any atom is -0.472 e. The van der Waals surface area contributed by atoms with E-state index in [-0.39, 0.29) is 0 Å². The van der Waals surface area contributed by atoms with E-state index in [4.69, 9.17) is 8.83 Å². The third-order valence-corrected chi connectivity index (χ3v) is 11.1. The van der Waals surface area contributed by atoms with Crippen LogP contribution in [0, 0.1) is 6.92 Å². The highest BCUT2D eigenvalue weighted by Crippen LogP contribution is 2.49. The maximum atomic E-state index is 6.80. The van der Waals surface area contributed by atoms with Crippen LogP contribution in [0.1, 0.15) is 5.56 Å². The van der Waals surface area contributed by atoms with Crippen LogP contribution in [0.2, 0.25) is 0 Å². The van der Waals surface area contributed by atoms with Crippen LogP contribution in [0.15, 0.2) is 185 Å². The van der Waals surface area contributed by atoms with Crippen molar-refractivity contribution in [2.45, 2.75) is 6.92 Å². The Hall–Kier alpha value is -6.90. The van der Waals surface area contributed by atoms with Crippen LogP contribution in [0.25, 0.3) is 110 Å². The first-order valence-electron chi connectivity index (χ1n) is 18.2. The third-order valence-electron chi connectivity index (χ3n) is 11.1. The van der Waals surface area contributed by atoms with Crippen LogP contribution >= 0.6 is 0 Å². The van der Waals surface area contributed by atoms with Crippen molar-refractivity contribution in [2.24, 2.45) is 0 Å². The molecule has 0 amide bonds. The molecule has 0 unspecified atom stereocenters. The van der Waals surface area contributed by atoms with E-state index in [1.54, 1.807) is 0 Å². The van der Waals surface area contributed by atoms with Gasteiger partial charge in [-0.25, -0.2) is 0 Å². The number of aryl methyl sites for hydroxylation is 1. The van der Waals surface area contributed by atoms with Gasteiger partial charge in [0.25, 0.3) is 0 Å². The largest absolute Gasteiger partial charge is 0.472 e. The van der Waals surface area contributed by atoms with Crippen molar-refractivity contribution < 1.29 is 8.83 Å². The fourth-order valence-corrected chi connectivity index (χ4v) is 8.87. The lowest BCUT2D eigenvalue weighted by molar-refractivity contribution is 0.566. The van der Waals surface area contributed by atoms with Gasteiger partial charge < -0.3 is 8.83 Å². The van der Waals surface area contributed by atoms with E-state index in [0.29, 0.717) is 0 Å². The topological polar surface area (TPSA) is 26.3 Å². The summed E-state index contributed by atoms with van der Waals surface area (Å²) < 4.78 is 12.5. The lowest BCUT2D eigenvalue weighted by Gasteiger charge is -2.18. The molecule has 2 heterocycles. The van der Waals surface area contributed by atoms with Gasteiger partial charge in [-0.2, -0.15) is 0 Å². The summed E-state index contributed by atoms with van der Waals surface area (Å²) in [5, 5.41) is 12.0. The third kappa shape index (κ3) is 4.39. The molecule has 2 heteroatoms. The van der Waals surface area contributed by atoms with Gasteiger partial charge >= 0.3 is 0 Å². The highest BCUT2D eigenvalue weighted by molar-refractivity contribution is 6.26. The second kappa shape index (κ2) is 11.6. The number of rotatable bonds is 4. The molecule has 0 bridgehead atoms. The summed E-state index contributed by atoms with van der Waals surface area (Å²) >= 11 is 0.